The number of hydrogen-bond donors (Lipinski definition) is 3. The van der Waals surface area contributed by atoms with E-state index in [0.717, 1.165) is 0 Å². The van der Waals surface area contributed by atoms with Gasteiger partial charge in [0, 0.05) is 50.6 Å². The predicted octanol–water partition coefficient (Wildman–Crippen LogP) is 1.94. The van der Waals surface area contributed by atoms with Crippen LogP contribution >= 0.6 is 0 Å². The molecule has 0 radical (unpaired) electrons. The van der Waals surface area contributed by atoms with Crippen LogP contribution in [0.2, 0.25) is 0 Å². The third-order valence-corrected chi connectivity index (χ3v) is 5.38. The van der Waals surface area contributed by atoms with Crippen molar-refractivity contribution in [2.24, 2.45) is 0 Å². The number of anilines is 3. The number of carbonyl (C=O) groups is 2. The Balaban J connectivity index is 1.74. The van der Waals surface area contributed by atoms with Crippen molar-refractivity contribution in [1.82, 2.24) is 14.9 Å². The molecular formula is C22H26N6O5. The van der Waals surface area contributed by atoms with Gasteiger partial charge in [-0.05, 0) is 6.42 Å². The second kappa shape index (κ2) is 9.63. The first kappa shape index (κ1) is 22.2. The van der Waals surface area contributed by atoms with Crippen LogP contribution in [0, 0.1) is 0 Å². The number of likely N-dealkylation sites (N-methyl/N-ethyl adjacent to an activating group) is 1. The lowest BCUT2D eigenvalue weighted by Crippen LogP contribution is -2.31. The molecule has 1 aromatic carbocycles. The first-order valence-electron chi connectivity index (χ1n) is 10.5. The zero-order valence-electron chi connectivity index (χ0n) is 18.7. The number of rotatable bonds is 2. The van der Waals surface area contributed by atoms with Crippen molar-refractivity contribution in [1.29, 1.82) is 0 Å². The van der Waals surface area contributed by atoms with E-state index in [4.69, 9.17) is 14.2 Å². The standard InChI is InChI=1S/C22H26N6O5/c1-28-7-6-23-20-18-14(22(30)27-21(18)26-12-25-20)11-24-13-9-15(31-2)19(32-3)16(10-13)33-8-4-5-17(28)29/h9-12,24H,4-8H2,1-3H3,(H2,23,25,26,27,30)/b14-11-. The van der Waals surface area contributed by atoms with Crippen LogP contribution in [0.25, 0.3) is 5.57 Å². The quantitative estimate of drug-likeness (QED) is 0.624. The van der Waals surface area contributed by atoms with Crippen molar-refractivity contribution in [2.75, 3.05) is 56.9 Å². The molecule has 33 heavy (non-hydrogen) atoms. The monoisotopic (exact) mass is 454 g/mol. The summed E-state index contributed by atoms with van der Waals surface area (Å²) >= 11 is 0. The number of methoxy groups -OCH3 is 2. The lowest BCUT2D eigenvalue weighted by atomic mass is 10.1. The highest BCUT2D eigenvalue weighted by Crippen LogP contribution is 2.41. The lowest BCUT2D eigenvalue weighted by Gasteiger charge is -2.18. The van der Waals surface area contributed by atoms with E-state index in [9.17, 15) is 9.59 Å². The van der Waals surface area contributed by atoms with Gasteiger partial charge in [0.2, 0.25) is 11.7 Å². The summed E-state index contributed by atoms with van der Waals surface area (Å²) in [5.41, 5.74) is 1.56. The maximum atomic E-state index is 12.6. The molecule has 11 heteroatoms. The van der Waals surface area contributed by atoms with Crippen LogP contribution in [-0.4, -0.2) is 67.6 Å². The molecule has 4 rings (SSSR count). The summed E-state index contributed by atoms with van der Waals surface area (Å²) in [4.78, 5) is 35.2. The van der Waals surface area contributed by atoms with Gasteiger partial charge in [-0.25, -0.2) is 9.97 Å². The van der Waals surface area contributed by atoms with Gasteiger partial charge in [-0.15, -0.1) is 0 Å². The van der Waals surface area contributed by atoms with Gasteiger partial charge >= 0.3 is 0 Å². The van der Waals surface area contributed by atoms with Gasteiger partial charge in [-0.1, -0.05) is 0 Å². The molecule has 0 saturated heterocycles. The molecular weight excluding hydrogens is 428 g/mol. The van der Waals surface area contributed by atoms with Gasteiger partial charge in [-0.3, -0.25) is 9.59 Å². The summed E-state index contributed by atoms with van der Waals surface area (Å²) in [6.45, 7) is 1.27. The lowest BCUT2D eigenvalue weighted by molar-refractivity contribution is -0.130. The molecule has 0 atom stereocenters. The molecule has 2 amide bonds. The number of ether oxygens (including phenoxy) is 3. The second-order valence-electron chi connectivity index (χ2n) is 7.51. The number of carbonyl (C=O) groups excluding carboxylic acids is 2. The summed E-state index contributed by atoms with van der Waals surface area (Å²) < 4.78 is 16.8. The first-order chi connectivity index (χ1) is 16.0. The Hall–Kier alpha value is -4.02. The van der Waals surface area contributed by atoms with E-state index in [1.54, 1.807) is 30.3 Å². The Morgan fingerprint density at radius 3 is 2.73 bits per heavy atom. The van der Waals surface area contributed by atoms with Crippen molar-refractivity contribution in [3.8, 4) is 17.2 Å². The molecule has 2 bridgehead atoms. The first-order valence-corrected chi connectivity index (χ1v) is 10.5. The van der Waals surface area contributed by atoms with Gasteiger partial charge in [0.25, 0.3) is 5.91 Å². The van der Waals surface area contributed by atoms with Gasteiger partial charge in [-0.2, -0.15) is 0 Å². The largest absolute Gasteiger partial charge is 0.493 e. The highest BCUT2D eigenvalue weighted by atomic mass is 16.5. The van der Waals surface area contributed by atoms with Crippen molar-refractivity contribution >= 4 is 34.7 Å². The van der Waals surface area contributed by atoms with Crippen LogP contribution in [0.5, 0.6) is 17.2 Å². The predicted molar refractivity (Wildman–Crippen MR) is 123 cm³/mol. The molecule has 0 unspecified atom stereocenters. The Bertz CT molecular complexity index is 1100. The maximum absolute atomic E-state index is 12.6. The Labute approximate surface area is 191 Å². The van der Waals surface area contributed by atoms with Gasteiger partial charge in [0.05, 0.1) is 32.0 Å². The number of nitrogens with zero attached hydrogens (tertiary/aromatic N) is 3. The Morgan fingerprint density at radius 2 is 1.94 bits per heavy atom. The maximum Gasteiger partial charge on any atom is 0.259 e. The van der Waals surface area contributed by atoms with E-state index < -0.39 is 0 Å². The van der Waals surface area contributed by atoms with Crippen LogP contribution in [0.15, 0.2) is 24.7 Å². The third-order valence-electron chi connectivity index (χ3n) is 5.38. The highest BCUT2D eigenvalue weighted by molar-refractivity contribution is 6.32. The minimum absolute atomic E-state index is 0.00928. The molecule has 174 valence electrons. The average molecular weight is 454 g/mol. The van der Waals surface area contributed by atoms with Gasteiger partial charge in [0.15, 0.2) is 11.5 Å². The van der Waals surface area contributed by atoms with Crippen LogP contribution < -0.4 is 30.2 Å². The fourth-order valence-electron chi connectivity index (χ4n) is 3.63. The minimum Gasteiger partial charge on any atom is -0.493 e. The van der Waals surface area contributed by atoms with E-state index >= 15 is 0 Å². The van der Waals surface area contributed by atoms with Crippen molar-refractivity contribution < 1.29 is 23.8 Å². The molecule has 2 aromatic rings. The summed E-state index contributed by atoms with van der Waals surface area (Å²) in [5, 5.41) is 9.10. The van der Waals surface area contributed by atoms with Crippen molar-refractivity contribution in [3.05, 3.63) is 30.2 Å². The van der Waals surface area contributed by atoms with Gasteiger partial charge < -0.3 is 35.1 Å². The van der Waals surface area contributed by atoms with E-state index in [1.807, 2.05) is 0 Å². The normalized spacial score (nSPS) is 17.9. The minimum atomic E-state index is -0.303. The van der Waals surface area contributed by atoms with Crippen LogP contribution in [-0.2, 0) is 9.59 Å². The fraction of sp³-hybridized carbons (Fsp3) is 0.364. The van der Waals surface area contributed by atoms with Crippen LogP contribution in [0.3, 0.4) is 0 Å². The fourth-order valence-corrected chi connectivity index (χ4v) is 3.63. The molecule has 11 nitrogen and oxygen atoms in total. The van der Waals surface area contributed by atoms with E-state index in [-0.39, 0.29) is 11.8 Å². The summed E-state index contributed by atoms with van der Waals surface area (Å²) in [5.74, 6) is 2.01. The van der Waals surface area contributed by atoms with Crippen molar-refractivity contribution in [3.63, 3.8) is 0 Å². The smallest absolute Gasteiger partial charge is 0.259 e. The number of hydrogen-bond acceptors (Lipinski definition) is 9. The zero-order valence-corrected chi connectivity index (χ0v) is 18.7. The van der Waals surface area contributed by atoms with E-state index in [0.29, 0.717) is 78.2 Å². The summed E-state index contributed by atoms with van der Waals surface area (Å²) in [6.07, 6.45) is 3.87. The third kappa shape index (κ3) is 4.61. The molecule has 0 aliphatic carbocycles. The zero-order chi connectivity index (χ0) is 23.4. The second-order valence-corrected chi connectivity index (χ2v) is 7.51. The Kier molecular flexibility index (Phi) is 6.48. The number of aromatic nitrogens is 2. The number of fused-ring (bicyclic) bond motifs is 2. The van der Waals surface area contributed by atoms with E-state index in [2.05, 4.69) is 25.9 Å². The number of benzene rings is 1. The van der Waals surface area contributed by atoms with E-state index in [1.165, 1.54) is 20.5 Å². The topological polar surface area (TPSA) is 127 Å². The summed E-state index contributed by atoms with van der Waals surface area (Å²) in [6, 6.07) is 3.49. The molecule has 2 aliphatic rings. The molecule has 0 fully saturated rings. The van der Waals surface area contributed by atoms with Crippen LogP contribution in [0.4, 0.5) is 17.3 Å². The van der Waals surface area contributed by atoms with Crippen LogP contribution in [0.1, 0.15) is 18.4 Å². The number of nitrogens with one attached hydrogen (secondary N) is 3. The van der Waals surface area contributed by atoms with Crippen molar-refractivity contribution in [2.45, 2.75) is 12.8 Å². The number of amides is 2. The SMILES string of the molecule is COc1cc2cc(c1OC)OCCCC(=O)N(C)CCNc1ncnc3c1/C(=C/N2)C(=O)N3. The molecule has 3 N–H and O–H groups in total. The summed E-state index contributed by atoms with van der Waals surface area (Å²) in [7, 11) is 4.81. The molecule has 0 spiro atoms. The molecule has 1 aromatic heterocycles. The average Bonchev–Trinajstić information content (AvgIpc) is 3.14. The highest BCUT2D eigenvalue weighted by Gasteiger charge is 2.29. The van der Waals surface area contributed by atoms with Gasteiger partial charge in [0.1, 0.15) is 18.0 Å². The molecule has 2 aliphatic heterocycles. The Morgan fingerprint density at radius 1 is 1.12 bits per heavy atom. The molecule has 0 saturated carbocycles. The molecule has 3 heterocycles.